The number of benzene rings is 2. The SMILES string of the molecule is CC(=O)N(CC(=O)NCCc1ccc(Cl)cc1)Cc1ccc2c(c1)OCO2. The number of ether oxygens (including phenoxy) is 2. The molecule has 0 fully saturated rings. The van der Waals surface area contributed by atoms with Crippen molar-refractivity contribution in [3.63, 3.8) is 0 Å². The fraction of sp³-hybridized carbons (Fsp3) is 0.300. The van der Waals surface area contributed by atoms with E-state index in [0.717, 1.165) is 11.1 Å². The van der Waals surface area contributed by atoms with Gasteiger partial charge in [0.25, 0.3) is 0 Å². The molecule has 0 unspecified atom stereocenters. The first-order valence-corrected chi connectivity index (χ1v) is 9.04. The van der Waals surface area contributed by atoms with Gasteiger partial charge in [0, 0.05) is 25.0 Å². The highest BCUT2D eigenvalue weighted by molar-refractivity contribution is 6.30. The number of nitrogens with one attached hydrogen (secondary N) is 1. The van der Waals surface area contributed by atoms with Crippen LogP contribution >= 0.6 is 11.6 Å². The molecule has 1 N–H and O–H groups in total. The lowest BCUT2D eigenvalue weighted by Crippen LogP contribution is -2.39. The molecule has 27 heavy (non-hydrogen) atoms. The zero-order valence-corrected chi connectivity index (χ0v) is 15.8. The van der Waals surface area contributed by atoms with E-state index < -0.39 is 0 Å². The van der Waals surface area contributed by atoms with E-state index in [1.165, 1.54) is 11.8 Å². The maximum absolute atomic E-state index is 12.2. The number of hydrogen-bond acceptors (Lipinski definition) is 4. The van der Waals surface area contributed by atoms with Crippen LogP contribution in [0, 0.1) is 0 Å². The van der Waals surface area contributed by atoms with Crippen LogP contribution < -0.4 is 14.8 Å². The first-order chi connectivity index (χ1) is 13.0. The zero-order valence-electron chi connectivity index (χ0n) is 15.0. The van der Waals surface area contributed by atoms with Gasteiger partial charge in [-0.05, 0) is 41.8 Å². The van der Waals surface area contributed by atoms with Crippen molar-refractivity contribution in [2.24, 2.45) is 0 Å². The second-order valence-corrected chi connectivity index (χ2v) is 6.73. The smallest absolute Gasteiger partial charge is 0.239 e. The van der Waals surface area contributed by atoms with Crippen LogP contribution in [0.1, 0.15) is 18.1 Å². The number of hydrogen-bond donors (Lipinski definition) is 1. The van der Waals surface area contributed by atoms with Crippen molar-refractivity contribution in [1.29, 1.82) is 0 Å². The second-order valence-electron chi connectivity index (χ2n) is 6.29. The number of rotatable bonds is 7. The summed E-state index contributed by atoms with van der Waals surface area (Å²) in [5.41, 5.74) is 1.96. The summed E-state index contributed by atoms with van der Waals surface area (Å²) in [6.45, 7) is 2.48. The van der Waals surface area contributed by atoms with Gasteiger partial charge in [-0.15, -0.1) is 0 Å². The van der Waals surface area contributed by atoms with Gasteiger partial charge in [0.05, 0.1) is 6.54 Å². The molecular formula is C20H21ClN2O4. The minimum atomic E-state index is -0.195. The van der Waals surface area contributed by atoms with Crippen LogP contribution in [0.15, 0.2) is 42.5 Å². The number of fused-ring (bicyclic) bond motifs is 1. The van der Waals surface area contributed by atoms with Gasteiger partial charge >= 0.3 is 0 Å². The average molecular weight is 389 g/mol. The van der Waals surface area contributed by atoms with Gasteiger partial charge in [-0.25, -0.2) is 0 Å². The molecule has 7 heteroatoms. The topological polar surface area (TPSA) is 67.9 Å². The second kappa shape index (κ2) is 8.77. The molecular weight excluding hydrogens is 368 g/mol. The summed E-state index contributed by atoms with van der Waals surface area (Å²) in [7, 11) is 0. The van der Waals surface area contributed by atoms with Gasteiger partial charge in [0.15, 0.2) is 11.5 Å². The van der Waals surface area contributed by atoms with Crippen molar-refractivity contribution in [2.75, 3.05) is 19.9 Å². The first kappa shape index (κ1) is 19.0. The van der Waals surface area contributed by atoms with Crippen molar-refractivity contribution in [2.45, 2.75) is 19.9 Å². The maximum Gasteiger partial charge on any atom is 0.239 e. The molecule has 6 nitrogen and oxygen atoms in total. The normalized spacial score (nSPS) is 11.9. The molecule has 0 spiro atoms. The number of halogens is 1. The molecule has 0 saturated heterocycles. The lowest BCUT2D eigenvalue weighted by atomic mass is 10.1. The Balaban J connectivity index is 1.50. The fourth-order valence-corrected chi connectivity index (χ4v) is 2.89. The van der Waals surface area contributed by atoms with Crippen LogP contribution in [0.2, 0.25) is 5.02 Å². The molecule has 1 heterocycles. The molecule has 0 atom stereocenters. The van der Waals surface area contributed by atoms with Crippen molar-refractivity contribution >= 4 is 23.4 Å². The fourth-order valence-electron chi connectivity index (χ4n) is 2.76. The molecule has 3 rings (SSSR count). The third-order valence-corrected chi connectivity index (χ3v) is 4.49. The van der Waals surface area contributed by atoms with E-state index in [4.69, 9.17) is 21.1 Å². The largest absolute Gasteiger partial charge is 0.454 e. The van der Waals surface area contributed by atoms with Crippen LogP contribution in [0.25, 0.3) is 0 Å². The minimum absolute atomic E-state index is 0.00436. The molecule has 0 bridgehead atoms. The standard InChI is InChI=1S/C20H21ClN2O4/c1-14(24)23(11-16-4-7-18-19(10-16)27-13-26-18)12-20(25)22-9-8-15-2-5-17(21)6-3-15/h2-7,10H,8-9,11-13H2,1H3,(H,22,25). The molecule has 1 aliphatic rings. The highest BCUT2D eigenvalue weighted by Crippen LogP contribution is 2.32. The van der Waals surface area contributed by atoms with E-state index in [1.54, 1.807) is 0 Å². The van der Waals surface area contributed by atoms with Gasteiger partial charge < -0.3 is 19.7 Å². The van der Waals surface area contributed by atoms with E-state index in [-0.39, 0.29) is 25.2 Å². The minimum Gasteiger partial charge on any atom is -0.454 e. The molecule has 0 saturated carbocycles. The van der Waals surface area contributed by atoms with Crippen LogP contribution in [0.4, 0.5) is 0 Å². The number of nitrogens with zero attached hydrogens (tertiary/aromatic N) is 1. The Morgan fingerprint density at radius 2 is 1.78 bits per heavy atom. The van der Waals surface area contributed by atoms with E-state index in [9.17, 15) is 9.59 Å². The van der Waals surface area contributed by atoms with Gasteiger partial charge in [-0.2, -0.15) is 0 Å². The van der Waals surface area contributed by atoms with Crippen LogP contribution in [-0.4, -0.2) is 36.6 Å². The van der Waals surface area contributed by atoms with E-state index in [0.29, 0.717) is 36.0 Å². The summed E-state index contributed by atoms with van der Waals surface area (Å²) in [5, 5.41) is 3.53. The Kier molecular flexibility index (Phi) is 6.19. The Morgan fingerprint density at radius 3 is 2.52 bits per heavy atom. The van der Waals surface area contributed by atoms with E-state index in [1.807, 2.05) is 42.5 Å². The maximum atomic E-state index is 12.2. The lowest BCUT2D eigenvalue weighted by Gasteiger charge is -2.21. The van der Waals surface area contributed by atoms with Gasteiger partial charge in [-0.1, -0.05) is 29.8 Å². The summed E-state index contributed by atoms with van der Waals surface area (Å²) in [6.07, 6.45) is 0.700. The molecule has 2 aromatic carbocycles. The number of carbonyl (C=O) groups excluding carboxylic acids is 2. The predicted octanol–water partition coefficient (Wildman–Crippen LogP) is 2.78. The lowest BCUT2D eigenvalue weighted by molar-refractivity contribution is -0.134. The van der Waals surface area contributed by atoms with Crippen molar-refractivity contribution in [3.05, 3.63) is 58.6 Å². The Labute approximate surface area is 163 Å². The molecule has 2 amide bonds. The Morgan fingerprint density at radius 1 is 1.07 bits per heavy atom. The third kappa shape index (κ3) is 5.37. The monoisotopic (exact) mass is 388 g/mol. The average Bonchev–Trinajstić information content (AvgIpc) is 3.10. The molecule has 0 aromatic heterocycles. The van der Waals surface area contributed by atoms with Gasteiger partial charge in [0.1, 0.15) is 0 Å². The molecule has 2 aromatic rings. The summed E-state index contributed by atoms with van der Waals surface area (Å²) in [4.78, 5) is 25.6. The first-order valence-electron chi connectivity index (χ1n) is 8.66. The highest BCUT2D eigenvalue weighted by atomic mass is 35.5. The molecule has 1 aliphatic heterocycles. The van der Waals surface area contributed by atoms with Crippen LogP contribution in [0.5, 0.6) is 11.5 Å². The van der Waals surface area contributed by atoms with Crippen LogP contribution in [0.3, 0.4) is 0 Å². The summed E-state index contributed by atoms with van der Waals surface area (Å²) >= 11 is 5.86. The predicted molar refractivity (Wildman–Crippen MR) is 102 cm³/mol. The quantitative estimate of drug-likeness (QED) is 0.792. The van der Waals surface area contributed by atoms with E-state index >= 15 is 0 Å². The van der Waals surface area contributed by atoms with Crippen molar-refractivity contribution in [3.8, 4) is 11.5 Å². The third-order valence-electron chi connectivity index (χ3n) is 4.24. The van der Waals surface area contributed by atoms with Gasteiger partial charge in [-0.3, -0.25) is 9.59 Å². The summed E-state index contributed by atoms with van der Waals surface area (Å²) < 4.78 is 10.6. The van der Waals surface area contributed by atoms with Crippen LogP contribution in [-0.2, 0) is 22.6 Å². The number of carbonyl (C=O) groups is 2. The highest BCUT2D eigenvalue weighted by Gasteiger charge is 2.17. The summed E-state index contributed by atoms with van der Waals surface area (Å²) in [6, 6.07) is 13.0. The Hall–Kier alpha value is -2.73. The summed E-state index contributed by atoms with van der Waals surface area (Å²) in [5.74, 6) is 0.983. The van der Waals surface area contributed by atoms with E-state index in [2.05, 4.69) is 5.32 Å². The molecule has 0 radical (unpaired) electrons. The Bertz CT molecular complexity index is 823. The molecule has 142 valence electrons. The molecule has 0 aliphatic carbocycles. The van der Waals surface area contributed by atoms with Gasteiger partial charge in [0.2, 0.25) is 18.6 Å². The number of amides is 2. The van der Waals surface area contributed by atoms with Crippen molar-refractivity contribution < 1.29 is 19.1 Å². The van der Waals surface area contributed by atoms with Crippen molar-refractivity contribution in [1.82, 2.24) is 10.2 Å². The zero-order chi connectivity index (χ0) is 19.2.